The lowest BCUT2D eigenvalue weighted by molar-refractivity contribution is -0.144. The summed E-state index contributed by atoms with van der Waals surface area (Å²) in [4.78, 5) is 13.8. The first-order chi connectivity index (χ1) is 12.0. The highest BCUT2D eigenvalue weighted by Crippen LogP contribution is 2.23. The van der Waals surface area contributed by atoms with Gasteiger partial charge in [-0.25, -0.2) is 0 Å². The van der Waals surface area contributed by atoms with Crippen molar-refractivity contribution in [2.45, 2.75) is 32.3 Å². The zero-order valence-electron chi connectivity index (χ0n) is 14.6. The Morgan fingerprint density at radius 2 is 2.16 bits per heavy atom. The van der Waals surface area contributed by atoms with Crippen LogP contribution in [-0.2, 0) is 9.53 Å². The molecule has 7 nitrogen and oxygen atoms in total. The Kier molecular flexibility index (Phi) is 7.21. The Balaban J connectivity index is 1.89. The number of likely N-dealkylation sites (tertiary alicyclic amines) is 1. The average molecular weight is 349 g/mol. The van der Waals surface area contributed by atoms with Gasteiger partial charge in [-0.1, -0.05) is 29.4 Å². The number of amidine groups is 1. The lowest BCUT2D eigenvalue weighted by atomic mass is 9.94. The van der Waals surface area contributed by atoms with Crippen molar-refractivity contribution in [3.8, 4) is 0 Å². The Hall–Kier alpha value is -2.12. The summed E-state index contributed by atoms with van der Waals surface area (Å²) in [5, 5.41) is 22.1. The van der Waals surface area contributed by atoms with Crippen LogP contribution in [0, 0.1) is 5.92 Å². The second-order valence-electron chi connectivity index (χ2n) is 6.40. The number of oxime groups is 1. The van der Waals surface area contributed by atoms with E-state index in [0.717, 1.165) is 31.5 Å². The quantitative estimate of drug-likeness (QED) is 0.226. The number of aliphatic hydroxyl groups is 1. The van der Waals surface area contributed by atoms with Crippen molar-refractivity contribution in [3.05, 3.63) is 35.4 Å². The van der Waals surface area contributed by atoms with Crippen molar-refractivity contribution in [3.63, 3.8) is 0 Å². The van der Waals surface area contributed by atoms with Gasteiger partial charge in [0.15, 0.2) is 5.84 Å². The van der Waals surface area contributed by atoms with E-state index in [-0.39, 0.29) is 17.7 Å². The second kappa shape index (κ2) is 9.39. The summed E-state index contributed by atoms with van der Waals surface area (Å²) >= 11 is 0. The fourth-order valence-electron chi connectivity index (χ4n) is 3.22. The molecule has 0 radical (unpaired) electrons. The molecule has 25 heavy (non-hydrogen) atoms. The van der Waals surface area contributed by atoms with E-state index in [1.165, 1.54) is 0 Å². The molecule has 1 aliphatic heterocycles. The number of nitrogens with zero attached hydrogens (tertiary/aromatic N) is 2. The van der Waals surface area contributed by atoms with Crippen LogP contribution in [-0.4, -0.2) is 53.3 Å². The molecule has 2 atom stereocenters. The minimum Gasteiger partial charge on any atom is -0.466 e. The smallest absolute Gasteiger partial charge is 0.306 e. The molecular formula is C18H27N3O4. The molecule has 7 heteroatoms. The molecule has 1 aromatic carbocycles. The van der Waals surface area contributed by atoms with Crippen LogP contribution in [0.15, 0.2) is 29.4 Å². The number of carbonyl (C=O) groups is 1. The predicted molar refractivity (Wildman–Crippen MR) is 94.3 cm³/mol. The second-order valence-corrected chi connectivity index (χ2v) is 6.40. The molecule has 1 aromatic rings. The Labute approximate surface area is 148 Å². The maximum Gasteiger partial charge on any atom is 0.306 e. The van der Waals surface area contributed by atoms with Crippen LogP contribution in [0.4, 0.5) is 0 Å². The number of aliphatic hydroxyl groups excluding tert-OH is 1. The highest BCUT2D eigenvalue weighted by atomic mass is 16.5. The standard InChI is InChI=1S/C18H27N3O4/c1-2-25-17(23)10-13-4-3-9-21(11-13)12-16(22)14-5-7-15(8-6-14)18(19)20-24/h5-8,13,16,22,24H,2-4,9-12H2,1H3,(H2,19,20)/t13-,16-/m1/s1. The molecule has 0 aliphatic carbocycles. The monoisotopic (exact) mass is 349 g/mol. The third-order valence-corrected chi connectivity index (χ3v) is 4.49. The van der Waals surface area contributed by atoms with Crippen LogP contribution in [0.25, 0.3) is 0 Å². The molecule has 0 aromatic heterocycles. The van der Waals surface area contributed by atoms with Gasteiger partial charge >= 0.3 is 5.97 Å². The van der Waals surface area contributed by atoms with E-state index in [4.69, 9.17) is 15.7 Å². The largest absolute Gasteiger partial charge is 0.466 e. The van der Waals surface area contributed by atoms with Crippen LogP contribution >= 0.6 is 0 Å². The van der Waals surface area contributed by atoms with E-state index in [1.807, 2.05) is 6.92 Å². The zero-order valence-corrected chi connectivity index (χ0v) is 14.6. The van der Waals surface area contributed by atoms with Gasteiger partial charge < -0.3 is 25.7 Å². The number of carbonyl (C=O) groups excluding carboxylic acids is 1. The number of hydrogen-bond donors (Lipinski definition) is 3. The van der Waals surface area contributed by atoms with E-state index in [9.17, 15) is 9.90 Å². The lowest BCUT2D eigenvalue weighted by Crippen LogP contribution is -2.38. The van der Waals surface area contributed by atoms with Crippen molar-refractivity contribution >= 4 is 11.8 Å². The summed E-state index contributed by atoms with van der Waals surface area (Å²) in [7, 11) is 0. The zero-order chi connectivity index (χ0) is 18.2. The molecule has 1 fully saturated rings. The van der Waals surface area contributed by atoms with Gasteiger partial charge in [-0.2, -0.15) is 0 Å². The third-order valence-electron chi connectivity index (χ3n) is 4.49. The molecule has 0 amide bonds. The third kappa shape index (κ3) is 5.72. The number of nitrogens with two attached hydrogens (primary N) is 1. The van der Waals surface area contributed by atoms with E-state index >= 15 is 0 Å². The first kappa shape index (κ1) is 19.2. The van der Waals surface area contributed by atoms with Gasteiger partial charge in [0, 0.05) is 25.1 Å². The highest BCUT2D eigenvalue weighted by molar-refractivity contribution is 5.96. The van der Waals surface area contributed by atoms with Crippen LogP contribution in [0.1, 0.15) is 43.4 Å². The molecule has 0 bridgehead atoms. The average Bonchev–Trinajstić information content (AvgIpc) is 2.61. The van der Waals surface area contributed by atoms with Crippen molar-refractivity contribution < 1.29 is 19.8 Å². The lowest BCUT2D eigenvalue weighted by Gasteiger charge is -2.33. The SMILES string of the molecule is CCOC(=O)C[C@H]1CCCN(C[C@@H](O)c2ccc(C(N)=NO)cc2)C1. The Bertz CT molecular complexity index is 588. The van der Waals surface area contributed by atoms with Gasteiger partial charge in [0.2, 0.25) is 0 Å². The number of hydrogen-bond acceptors (Lipinski definition) is 6. The van der Waals surface area contributed by atoms with Gasteiger partial charge in [-0.15, -0.1) is 0 Å². The minimum atomic E-state index is -0.623. The number of ether oxygens (including phenoxy) is 1. The number of piperidine rings is 1. The van der Waals surface area contributed by atoms with Gasteiger partial charge in [-0.3, -0.25) is 4.79 Å². The van der Waals surface area contributed by atoms with E-state index in [0.29, 0.717) is 25.1 Å². The molecule has 0 unspecified atom stereocenters. The van der Waals surface area contributed by atoms with Gasteiger partial charge in [0.25, 0.3) is 0 Å². The van der Waals surface area contributed by atoms with Gasteiger partial charge in [0.05, 0.1) is 12.7 Å². The number of rotatable bonds is 7. The Morgan fingerprint density at radius 1 is 1.44 bits per heavy atom. The summed E-state index contributed by atoms with van der Waals surface area (Å²) in [5.74, 6) is 0.176. The maximum absolute atomic E-state index is 11.6. The van der Waals surface area contributed by atoms with Gasteiger partial charge in [0.1, 0.15) is 0 Å². The normalized spacial score (nSPS) is 20.2. The summed E-state index contributed by atoms with van der Waals surface area (Å²) in [6.45, 7) is 4.45. The minimum absolute atomic E-state index is 0.0406. The molecule has 4 N–H and O–H groups in total. The number of β-amino-alcohol motifs (C(OH)–C–C–N with tert-alkyl or cyclic N) is 1. The van der Waals surface area contributed by atoms with E-state index < -0.39 is 6.10 Å². The molecule has 2 rings (SSSR count). The molecule has 1 aliphatic rings. The van der Waals surface area contributed by atoms with Crippen LogP contribution in [0.3, 0.4) is 0 Å². The highest BCUT2D eigenvalue weighted by Gasteiger charge is 2.24. The maximum atomic E-state index is 11.6. The predicted octanol–water partition coefficient (Wildman–Crippen LogP) is 1.48. The van der Waals surface area contributed by atoms with E-state index in [1.54, 1.807) is 24.3 Å². The van der Waals surface area contributed by atoms with E-state index in [2.05, 4.69) is 10.1 Å². The summed E-state index contributed by atoms with van der Waals surface area (Å²) in [6, 6.07) is 6.98. The Morgan fingerprint density at radius 3 is 2.80 bits per heavy atom. The molecule has 0 saturated carbocycles. The molecular weight excluding hydrogens is 322 g/mol. The number of esters is 1. The van der Waals surface area contributed by atoms with Gasteiger partial charge in [-0.05, 0) is 37.8 Å². The fourth-order valence-corrected chi connectivity index (χ4v) is 3.22. The van der Waals surface area contributed by atoms with Crippen LogP contribution in [0.2, 0.25) is 0 Å². The van der Waals surface area contributed by atoms with Crippen molar-refractivity contribution in [1.29, 1.82) is 0 Å². The van der Waals surface area contributed by atoms with Crippen molar-refractivity contribution in [1.82, 2.24) is 4.90 Å². The van der Waals surface area contributed by atoms with Crippen molar-refractivity contribution in [2.75, 3.05) is 26.2 Å². The van der Waals surface area contributed by atoms with Crippen LogP contribution < -0.4 is 5.73 Å². The summed E-state index contributed by atoms with van der Waals surface area (Å²) in [6.07, 6.45) is 1.84. The molecule has 0 spiro atoms. The number of benzene rings is 1. The molecule has 138 valence electrons. The van der Waals surface area contributed by atoms with Crippen molar-refractivity contribution in [2.24, 2.45) is 16.8 Å². The molecule has 1 heterocycles. The summed E-state index contributed by atoms with van der Waals surface area (Å²) in [5.41, 5.74) is 6.92. The topological polar surface area (TPSA) is 108 Å². The first-order valence-electron chi connectivity index (χ1n) is 8.67. The summed E-state index contributed by atoms with van der Waals surface area (Å²) < 4.78 is 5.03. The molecule has 1 saturated heterocycles. The first-order valence-corrected chi connectivity index (χ1v) is 8.67. The fraction of sp³-hybridized carbons (Fsp3) is 0.556. The van der Waals surface area contributed by atoms with Crippen LogP contribution in [0.5, 0.6) is 0 Å².